The summed E-state index contributed by atoms with van der Waals surface area (Å²) in [5, 5.41) is 8.84. The predicted molar refractivity (Wildman–Crippen MR) is 59.4 cm³/mol. The topological polar surface area (TPSA) is 23.8 Å². The molecule has 0 fully saturated rings. The van der Waals surface area contributed by atoms with Crippen LogP contribution in [0.2, 0.25) is 0 Å². The van der Waals surface area contributed by atoms with Crippen LogP contribution in [0.3, 0.4) is 0 Å². The maximum atomic E-state index is 8.84. The third-order valence-electron chi connectivity index (χ3n) is 2.40. The Bertz CT molecular complexity index is 142. The van der Waals surface area contributed by atoms with Gasteiger partial charge in [0.2, 0.25) is 0 Å². The van der Waals surface area contributed by atoms with Crippen LogP contribution in [0.25, 0.3) is 0 Å². The first kappa shape index (κ1) is 15.0. The normalized spacial score (nSPS) is 12.4. The molecule has 0 saturated carbocycles. The van der Waals surface area contributed by atoms with Crippen molar-refractivity contribution in [3.8, 4) is 6.07 Å². The molecule has 0 N–H and O–H groups in total. The third kappa shape index (κ3) is 5.69. The summed E-state index contributed by atoms with van der Waals surface area (Å²) in [6.07, 6.45) is 3.30. The Balaban J connectivity index is 0. The van der Waals surface area contributed by atoms with E-state index in [4.69, 9.17) is 5.26 Å². The average Bonchev–Trinajstić information content (AvgIpc) is 2.09. The molecule has 1 unspecified atom stereocenters. The van der Waals surface area contributed by atoms with Crippen LogP contribution in [-0.4, -0.2) is 0 Å². The van der Waals surface area contributed by atoms with Gasteiger partial charge in [-0.1, -0.05) is 48.0 Å². The summed E-state index contributed by atoms with van der Waals surface area (Å²) in [6.45, 7) is 12.6. The third-order valence-corrected chi connectivity index (χ3v) is 2.40. The average molecular weight is 183 g/mol. The maximum absolute atomic E-state index is 8.84. The molecule has 0 aliphatic heterocycles. The minimum atomic E-state index is 0.207. The number of rotatable bonds is 4. The standard InChI is InChI=1S/C10H19N.C2H6/c1-5-7-10(3,4)9(6-2)8-11;1-2/h9H,5-7H2,1-4H3;1-2H3. The van der Waals surface area contributed by atoms with Gasteiger partial charge < -0.3 is 0 Å². The smallest absolute Gasteiger partial charge is 0.0661 e. The minimum Gasteiger partial charge on any atom is -0.198 e. The van der Waals surface area contributed by atoms with E-state index >= 15 is 0 Å². The molecule has 0 heterocycles. The SMILES string of the molecule is CC.CCCC(C)(C)C(C#N)CC. The van der Waals surface area contributed by atoms with E-state index in [0.29, 0.717) is 0 Å². The Morgan fingerprint density at radius 1 is 1.23 bits per heavy atom. The fourth-order valence-corrected chi connectivity index (χ4v) is 1.64. The molecule has 1 heteroatoms. The van der Waals surface area contributed by atoms with Crippen molar-refractivity contribution in [1.29, 1.82) is 5.26 Å². The first-order valence-corrected chi connectivity index (χ1v) is 5.48. The van der Waals surface area contributed by atoms with Gasteiger partial charge in [0.25, 0.3) is 0 Å². The molecule has 0 aliphatic rings. The van der Waals surface area contributed by atoms with E-state index < -0.39 is 0 Å². The van der Waals surface area contributed by atoms with Crippen molar-refractivity contribution in [3.05, 3.63) is 0 Å². The van der Waals surface area contributed by atoms with Crippen molar-refractivity contribution in [2.75, 3.05) is 0 Å². The molecule has 0 spiro atoms. The second-order valence-corrected chi connectivity index (χ2v) is 3.83. The monoisotopic (exact) mass is 183 g/mol. The second-order valence-electron chi connectivity index (χ2n) is 3.83. The fourth-order valence-electron chi connectivity index (χ4n) is 1.64. The Hall–Kier alpha value is -0.510. The highest BCUT2D eigenvalue weighted by Crippen LogP contribution is 2.33. The highest BCUT2D eigenvalue weighted by molar-refractivity contribution is 4.92. The molecule has 78 valence electrons. The van der Waals surface area contributed by atoms with Gasteiger partial charge in [-0.2, -0.15) is 5.26 Å². The van der Waals surface area contributed by atoms with Crippen LogP contribution in [0.5, 0.6) is 0 Å². The second kappa shape index (κ2) is 8.10. The van der Waals surface area contributed by atoms with Gasteiger partial charge in [-0.05, 0) is 18.3 Å². The molecule has 0 radical (unpaired) electrons. The molecule has 0 aromatic heterocycles. The van der Waals surface area contributed by atoms with E-state index in [0.717, 1.165) is 12.8 Å². The molecule has 0 bridgehead atoms. The lowest BCUT2D eigenvalue weighted by Crippen LogP contribution is -2.21. The van der Waals surface area contributed by atoms with Crippen LogP contribution in [-0.2, 0) is 0 Å². The van der Waals surface area contributed by atoms with Crippen molar-refractivity contribution in [1.82, 2.24) is 0 Å². The zero-order valence-electron chi connectivity index (χ0n) is 10.1. The minimum absolute atomic E-state index is 0.207. The molecule has 0 aromatic carbocycles. The highest BCUT2D eigenvalue weighted by atomic mass is 14.4. The van der Waals surface area contributed by atoms with Gasteiger partial charge in [0.05, 0.1) is 12.0 Å². The van der Waals surface area contributed by atoms with Crippen molar-refractivity contribution in [2.45, 2.75) is 60.8 Å². The highest BCUT2D eigenvalue weighted by Gasteiger charge is 2.26. The first-order valence-electron chi connectivity index (χ1n) is 5.48. The summed E-state index contributed by atoms with van der Waals surface area (Å²) >= 11 is 0. The largest absolute Gasteiger partial charge is 0.198 e. The Kier molecular flexibility index (Phi) is 9.34. The van der Waals surface area contributed by atoms with Crippen molar-refractivity contribution in [3.63, 3.8) is 0 Å². The molecule has 0 aliphatic carbocycles. The lowest BCUT2D eigenvalue weighted by Gasteiger charge is -2.28. The van der Waals surface area contributed by atoms with Crippen LogP contribution >= 0.6 is 0 Å². The molecule has 0 aromatic rings. The molecular weight excluding hydrogens is 158 g/mol. The van der Waals surface area contributed by atoms with E-state index in [1.165, 1.54) is 6.42 Å². The van der Waals surface area contributed by atoms with Gasteiger partial charge in [0.1, 0.15) is 0 Å². The van der Waals surface area contributed by atoms with Gasteiger partial charge in [-0.15, -0.1) is 0 Å². The van der Waals surface area contributed by atoms with Crippen LogP contribution in [0.1, 0.15) is 60.8 Å². The van der Waals surface area contributed by atoms with E-state index in [1.807, 2.05) is 13.8 Å². The number of nitriles is 1. The Morgan fingerprint density at radius 2 is 1.69 bits per heavy atom. The summed E-state index contributed by atoms with van der Waals surface area (Å²) in [5.41, 5.74) is 0.207. The number of nitrogens with zero attached hydrogens (tertiary/aromatic N) is 1. The lowest BCUT2D eigenvalue weighted by molar-refractivity contribution is 0.236. The van der Waals surface area contributed by atoms with Crippen LogP contribution in [0.4, 0.5) is 0 Å². The molecule has 0 rings (SSSR count). The first-order chi connectivity index (χ1) is 6.08. The molecule has 0 amide bonds. The summed E-state index contributed by atoms with van der Waals surface area (Å²) in [4.78, 5) is 0. The molecule has 13 heavy (non-hydrogen) atoms. The van der Waals surface area contributed by atoms with Gasteiger partial charge >= 0.3 is 0 Å². The molecule has 0 saturated heterocycles. The number of hydrogen-bond donors (Lipinski definition) is 0. The van der Waals surface area contributed by atoms with Gasteiger partial charge in [-0.25, -0.2) is 0 Å². The van der Waals surface area contributed by atoms with Crippen molar-refractivity contribution < 1.29 is 0 Å². The van der Waals surface area contributed by atoms with E-state index in [9.17, 15) is 0 Å². The van der Waals surface area contributed by atoms with Crippen LogP contribution < -0.4 is 0 Å². The molecule has 1 atom stereocenters. The maximum Gasteiger partial charge on any atom is 0.0661 e. The van der Waals surface area contributed by atoms with Crippen LogP contribution in [0.15, 0.2) is 0 Å². The van der Waals surface area contributed by atoms with Gasteiger partial charge in [0, 0.05) is 0 Å². The number of hydrogen-bond acceptors (Lipinski definition) is 1. The summed E-state index contributed by atoms with van der Waals surface area (Å²) in [6, 6.07) is 2.38. The molecule has 1 nitrogen and oxygen atoms in total. The van der Waals surface area contributed by atoms with Crippen molar-refractivity contribution >= 4 is 0 Å². The molecular formula is C12H25N. The predicted octanol–water partition coefficient (Wildman–Crippen LogP) is 4.39. The zero-order valence-corrected chi connectivity index (χ0v) is 10.1. The van der Waals surface area contributed by atoms with E-state index in [-0.39, 0.29) is 11.3 Å². The van der Waals surface area contributed by atoms with Gasteiger partial charge in [0.15, 0.2) is 0 Å². The Morgan fingerprint density at radius 3 is 1.92 bits per heavy atom. The fraction of sp³-hybridized carbons (Fsp3) is 0.917. The lowest BCUT2D eigenvalue weighted by atomic mass is 9.75. The van der Waals surface area contributed by atoms with Crippen LogP contribution in [0, 0.1) is 22.7 Å². The van der Waals surface area contributed by atoms with E-state index in [1.54, 1.807) is 0 Å². The van der Waals surface area contributed by atoms with E-state index in [2.05, 4.69) is 33.8 Å². The summed E-state index contributed by atoms with van der Waals surface area (Å²) in [5.74, 6) is 0.224. The zero-order chi connectivity index (χ0) is 10.9. The van der Waals surface area contributed by atoms with Crippen molar-refractivity contribution in [2.24, 2.45) is 11.3 Å². The summed E-state index contributed by atoms with van der Waals surface area (Å²) in [7, 11) is 0. The van der Waals surface area contributed by atoms with Gasteiger partial charge in [-0.3, -0.25) is 0 Å². The summed E-state index contributed by atoms with van der Waals surface area (Å²) < 4.78 is 0. The Labute approximate surface area is 84.2 Å². The quantitative estimate of drug-likeness (QED) is 0.634.